The Morgan fingerprint density at radius 2 is 1.26 bits per heavy atom. The predicted molar refractivity (Wildman–Crippen MR) is 124 cm³/mol. The third-order valence-corrected chi connectivity index (χ3v) is 6.05. The Labute approximate surface area is 180 Å². The van der Waals surface area contributed by atoms with Crippen molar-refractivity contribution >= 4 is 22.8 Å². The summed E-state index contributed by atoms with van der Waals surface area (Å²) < 4.78 is 4.11. The maximum Gasteiger partial charge on any atom is 0.244 e. The summed E-state index contributed by atoms with van der Waals surface area (Å²) in [7, 11) is 2.01. The summed E-state index contributed by atoms with van der Waals surface area (Å²) in [6, 6.07) is 30.9. The van der Waals surface area contributed by atoms with E-state index in [1.807, 2.05) is 29.8 Å². The van der Waals surface area contributed by atoms with Gasteiger partial charge in [0.25, 0.3) is 0 Å². The summed E-state index contributed by atoms with van der Waals surface area (Å²) in [4.78, 5) is 0. The molecule has 1 aromatic heterocycles. The molecule has 1 N–H and O–H groups in total. The van der Waals surface area contributed by atoms with Crippen molar-refractivity contribution in [1.29, 1.82) is 0 Å². The molecule has 0 unspecified atom stereocenters. The normalized spacial score (nSPS) is 12.4. The van der Waals surface area contributed by atoms with E-state index < -0.39 is 0 Å². The van der Waals surface area contributed by atoms with Crippen LogP contribution in [0.1, 0.15) is 11.1 Å². The van der Waals surface area contributed by atoms with E-state index in [-0.39, 0.29) is 5.75 Å². The molecule has 0 saturated carbocycles. The molecule has 0 amide bonds. The van der Waals surface area contributed by atoms with Gasteiger partial charge in [-0.05, 0) is 40.0 Å². The molecule has 5 aromatic rings. The molecule has 1 aliphatic rings. The van der Waals surface area contributed by atoms with E-state index in [0.717, 1.165) is 50.1 Å². The zero-order valence-electron chi connectivity index (χ0n) is 17.1. The second-order valence-electron chi connectivity index (χ2n) is 7.84. The van der Waals surface area contributed by atoms with Gasteiger partial charge in [-0.15, -0.1) is 0 Å². The van der Waals surface area contributed by atoms with Crippen molar-refractivity contribution in [2.75, 3.05) is 0 Å². The van der Waals surface area contributed by atoms with Crippen LogP contribution < -0.4 is 4.57 Å². The molecule has 0 saturated heterocycles. The number of para-hydroxylation sites is 2. The van der Waals surface area contributed by atoms with Gasteiger partial charge in [0.1, 0.15) is 5.75 Å². The van der Waals surface area contributed by atoms with Crippen molar-refractivity contribution in [1.82, 2.24) is 4.57 Å². The molecule has 0 aliphatic heterocycles. The van der Waals surface area contributed by atoms with Gasteiger partial charge in [0.05, 0.1) is 23.8 Å². The highest BCUT2D eigenvalue weighted by Gasteiger charge is 2.21. The number of rotatable bonds is 1. The second kappa shape index (κ2) is 6.71. The Kier molecular flexibility index (Phi) is 3.84. The summed E-state index contributed by atoms with van der Waals surface area (Å²) in [6.07, 6.45) is 5.55. The maximum atomic E-state index is 10.9. The molecule has 1 heterocycles. The Morgan fingerprint density at radius 1 is 0.677 bits per heavy atom. The van der Waals surface area contributed by atoms with Crippen LogP contribution in [-0.2, 0) is 7.05 Å². The lowest BCUT2D eigenvalue weighted by atomic mass is 9.85. The fourth-order valence-electron chi connectivity index (χ4n) is 4.61. The smallest absolute Gasteiger partial charge is 0.244 e. The van der Waals surface area contributed by atoms with E-state index in [2.05, 4.69) is 83.7 Å². The molecule has 0 bridgehead atoms. The summed E-state index contributed by atoms with van der Waals surface area (Å²) in [5, 5.41) is 10.9. The Hall–Kier alpha value is -4.11. The zero-order valence-corrected chi connectivity index (χ0v) is 17.1. The number of fused-ring (bicyclic) bond motifs is 6. The van der Waals surface area contributed by atoms with Gasteiger partial charge in [-0.2, -0.15) is 0 Å². The average Bonchev–Trinajstić information content (AvgIpc) is 3.14. The standard InChI is InChI=1S/C28H20N2O/c1-29-18-30(26-15-7-6-14-25(26)29)27-17-24-22(13-8-16-28(24)31)20-10-3-2-9-19(20)21-11-4-5-12-23(21)27/h2-17,31H,1H3. The molecule has 0 spiro atoms. The summed E-state index contributed by atoms with van der Waals surface area (Å²) in [5.74, 6) is 0.269. The minimum Gasteiger partial charge on any atom is -0.507 e. The average molecular weight is 400 g/mol. The zero-order chi connectivity index (χ0) is 20.9. The molecule has 0 fully saturated rings. The quantitative estimate of drug-likeness (QED) is 0.280. The van der Waals surface area contributed by atoms with Crippen molar-refractivity contribution in [3.05, 3.63) is 108 Å². The van der Waals surface area contributed by atoms with Crippen molar-refractivity contribution in [3.8, 4) is 28.0 Å². The fourth-order valence-corrected chi connectivity index (χ4v) is 4.61. The number of phenols is 1. The van der Waals surface area contributed by atoms with E-state index in [1.165, 1.54) is 0 Å². The van der Waals surface area contributed by atoms with Crippen molar-refractivity contribution in [3.63, 3.8) is 0 Å². The Bertz CT molecular complexity index is 1510. The van der Waals surface area contributed by atoms with Gasteiger partial charge in [-0.1, -0.05) is 84.9 Å². The molecule has 0 radical (unpaired) electrons. The number of phenolic OH excluding ortho intramolecular Hbond substituents is 1. The van der Waals surface area contributed by atoms with Gasteiger partial charge in [-0.25, -0.2) is 0 Å². The van der Waals surface area contributed by atoms with Gasteiger partial charge in [0.15, 0.2) is 0 Å². The maximum absolute atomic E-state index is 10.9. The van der Waals surface area contributed by atoms with E-state index >= 15 is 0 Å². The second-order valence-corrected chi connectivity index (χ2v) is 7.84. The monoisotopic (exact) mass is 400 g/mol. The van der Waals surface area contributed by atoms with Gasteiger partial charge in [-0.3, -0.25) is 0 Å². The molecule has 4 aromatic carbocycles. The largest absolute Gasteiger partial charge is 0.507 e. The molecular formula is C28H20N2O. The van der Waals surface area contributed by atoms with Gasteiger partial charge in [0.2, 0.25) is 6.33 Å². The molecule has 1 aliphatic carbocycles. The summed E-state index contributed by atoms with van der Waals surface area (Å²) in [6.45, 7) is 0. The van der Waals surface area contributed by atoms with Crippen LogP contribution in [0.3, 0.4) is 0 Å². The fraction of sp³-hybridized carbons (Fsp3) is 0.0357. The number of aromatic nitrogens is 2. The lowest BCUT2D eigenvalue weighted by Gasteiger charge is -2.22. The number of nitrogens with zero attached hydrogens (tertiary/aromatic N) is 2. The first kappa shape index (κ1) is 17.7. The highest BCUT2D eigenvalue weighted by molar-refractivity contribution is 5.99. The highest BCUT2D eigenvalue weighted by Crippen LogP contribution is 2.42. The van der Waals surface area contributed by atoms with E-state index in [4.69, 9.17) is 0 Å². The van der Waals surface area contributed by atoms with Gasteiger partial charge >= 0.3 is 0 Å². The summed E-state index contributed by atoms with van der Waals surface area (Å²) >= 11 is 0. The number of hydrogen-bond donors (Lipinski definition) is 1. The Morgan fingerprint density at radius 3 is 2.03 bits per heavy atom. The molecular weight excluding hydrogens is 380 g/mol. The minimum absolute atomic E-state index is 0.269. The minimum atomic E-state index is 0.269. The molecule has 148 valence electrons. The molecule has 0 atom stereocenters. The summed E-state index contributed by atoms with van der Waals surface area (Å²) in [5.41, 5.74) is 9.49. The van der Waals surface area contributed by atoms with Crippen LogP contribution in [0.4, 0.5) is 0 Å². The Balaban J connectivity index is 1.78. The van der Waals surface area contributed by atoms with Crippen molar-refractivity contribution in [2.24, 2.45) is 7.05 Å². The van der Waals surface area contributed by atoms with Crippen LogP contribution in [0.2, 0.25) is 0 Å². The van der Waals surface area contributed by atoms with Crippen LogP contribution in [-0.4, -0.2) is 9.67 Å². The van der Waals surface area contributed by atoms with Crippen LogP contribution in [0.15, 0.2) is 91.0 Å². The highest BCUT2D eigenvalue weighted by atomic mass is 16.3. The van der Waals surface area contributed by atoms with Crippen molar-refractivity contribution in [2.45, 2.75) is 0 Å². The van der Waals surface area contributed by atoms with Crippen LogP contribution in [0.5, 0.6) is 5.75 Å². The predicted octanol–water partition coefficient (Wildman–Crippen LogP) is 5.67. The lowest BCUT2D eigenvalue weighted by molar-refractivity contribution is -0.555. The number of benzene rings is 4. The van der Waals surface area contributed by atoms with Crippen LogP contribution in [0.25, 0.3) is 45.1 Å². The SMILES string of the molecule is Cn1[c-][n+](C2=Cc3c(O)cccc3-c3ccccc3-c3ccccc32)c2ccccc21. The topological polar surface area (TPSA) is 29.0 Å². The first-order valence-corrected chi connectivity index (χ1v) is 10.3. The van der Waals surface area contributed by atoms with Gasteiger partial charge in [0, 0.05) is 5.56 Å². The first-order valence-electron chi connectivity index (χ1n) is 10.3. The van der Waals surface area contributed by atoms with Crippen LogP contribution in [0, 0.1) is 6.33 Å². The van der Waals surface area contributed by atoms with E-state index in [9.17, 15) is 5.11 Å². The molecule has 6 rings (SSSR count). The number of hydrogen-bond acceptors (Lipinski definition) is 1. The molecule has 31 heavy (non-hydrogen) atoms. The van der Waals surface area contributed by atoms with E-state index in [0.29, 0.717) is 0 Å². The molecule has 3 heteroatoms. The third kappa shape index (κ3) is 2.63. The first-order chi connectivity index (χ1) is 15.2. The van der Waals surface area contributed by atoms with Crippen molar-refractivity contribution < 1.29 is 9.67 Å². The van der Waals surface area contributed by atoms with Gasteiger partial charge < -0.3 is 14.2 Å². The number of imidazole rings is 1. The van der Waals surface area contributed by atoms with E-state index in [1.54, 1.807) is 6.07 Å². The number of aromatic hydroxyl groups is 1. The lowest BCUT2D eigenvalue weighted by Crippen LogP contribution is -2.32. The third-order valence-electron chi connectivity index (χ3n) is 6.05. The van der Waals surface area contributed by atoms with Crippen LogP contribution >= 0.6 is 0 Å². The number of aryl methyl sites for hydroxylation is 1. The molecule has 3 nitrogen and oxygen atoms in total.